The lowest BCUT2D eigenvalue weighted by Gasteiger charge is -2.28. The first kappa shape index (κ1) is 18.1. The maximum absolute atomic E-state index is 10.7. The molecule has 0 atom stereocenters. The number of hydrogen-bond acceptors (Lipinski definition) is 1. The van der Waals surface area contributed by atoms with E-state index >= 15 is 0 Å². The molecular weight excluding hydrogens is 256 g/mol. The van der Waals surface area contributed by atoms with E-state index in [0.717, 1.165) is 36.8 Å². The minimum Gasteiger partial charge on any atom is -0.507 e. The van der Waals surface area contributed by atoms with E-state index in [4.69, 9.17) is 0 Å². The lowest BCUT2D eigenvalue weighted by atomic mass is 9.78. The summed E-state index contributed by atoms with van der Waals surface area (Å²) >= 11 is 0. The van der Waals surface area contributed by atoms with Crippen molar-refractivity contribution in [2.45, 2.75) is 85.5 Å². The first-order valence-electron chi connectivity index (χ1n) is 8.67. The lowest BCUT2D eigenvalue weighted by Crippen LogP contribution is -2.18. The second-order valence-electron chi connectivity index (χ2n) is 7.49. The molecule has 0 spiro atoms. The SMILES string of the molecule is CCCCc1cc(CC(C)C)c(O)c(C(C)(C)CCC)c1. The van der Waals surface area contributed by atoms with Gasteiger partial charge in [-0.3, -0.25) is 0 Å². The molecule has 0 amide bonds. The maximum atomic E-state index is 10.7. The van der Waals surface area contributed by atoms with Gasteiger partial charge in [-0.05, 0) is 48.1 Å². The van der Waals surface area contributed by atoms with Crippen molar-refractivity contribution in [3.05, 3.63) is 28.8 Å². The monoisotopic (exact) mass is 290 g/mol. The van der Waals surface area contributed by atoms with Crippen LogP contribution in [0.1, 0.15) is 83.9 Å². The van der Waals surface area contributed by atoms with Crippen molar-refractivity contribution in [1.29, 1.82) is 0 Å². The van der Waals surface area contributed by atoms with Crippen LogP contribution < -0.4 is 0 Å². The summed E-state index contributed by atoms with van der Waals surface area (Å²) in [5.41, 5.74) is 3.73. The molecule has 1 N–H and O–H groups in total. The molecular formula is C20H34O. The Morgan fingerprint density at radius 1 is 1.10 bits per heavy atom. The zero-order valence-corrected chi connectivity index (χ0v) is 14.9. The summed E-state index contributed by atoms with van der Waals surface area (Å²) in [6, 6.07) is 4.49. The van der Waals surface area contributed by atoms with Gasteiger partial charge in [-0.15, -0.1) is 0 Å². The first-order chi connectivity index (χ1) is 9.81. The number of unbranched alkanes of at least 4 members (excludes halogenated alkanes) is 1. The molecule has 21 heavy (non-hydrogen) atoms. The van der Waals surface area contributed by atoms with Gasteiger partial charge in [-0.25, -0.2) is 0 Å². The minimum atomic E-state index is 0.0484. The molecule has 0 aromatic heterocycles. The molecule has 1 heteroatoms. The van der Waals surface area contributed by atoms with Gasteiger partial charge >= 0.3 is 0 Å². The van der Waals surface area contributed by atoms with E-state index in [1.54, 1.807) is 0 Å². The van der Waals surface area contributed by atoms with Crippen molar-refractivity contribution in [3.8, 4) is 5.75 Å². The van der Waals surface area contributed by atoms with Crippen molar-refractivity contribution >= 4 is 0 Å². The van der Waals surface area contributed by atoms with Gasteiger partial charge in [0, 0.05) is 5.56 Å². The van der Waals surface area contributed by atoms with Crippen molar-refractivity contribution in [2.24, 2.45) is 5.92 Å². The fraction of sp³-hybridized carbons (Fsp3) is 0.700. The second-order valence-corrected chi connectivity index (χ2v) is 7.49. The van der Waals surface area contributed by atoms with Gasteiger partial charge in [0.1, 0.15) is 5.75 Å². The van der Waals surface area contributed by atoms with E-state index in [2.05, 4.69) is 53.7 Å². The average molecular weight is 290 g/mol. The van der Waals surface area contributed by atoms with Crippen LogP contribution in [-0.2, 0) is 18.3 Å². The van der Waals surface area contributed by atoms with Crippen molar-refractivity contribution in [1.82, 2.24) is 0 Å². The number of aromatic hydroxyl groups is 1. The Labute approximate surface area is 131 Å². The predicted octanol–water partition coefficient (Wildman–Crippen LogP) is 6.01. The number of phenols is 1. The Kier molecular flexibility index (Phi) is 6.77. The molecule has 0 aliphatic rings. The second kappa shape index (κ2) is 7.87. The van der Waals surface area contributed by atoms with E-state index in [1.165, 1.54) is 18.4 Å². The molecule has 0 bridgehead atoms. The van der Waals surface area contributed by atoms with Crippen LogP contribution >= 0.6 is 0 Å². The Morgan fingerprint density at radius 2 is 1.76 bits per heavy atom. The van der Waals surface area contributed by atoms with E-state index in [1.807, 2.05) is 0 Å². The van der Waals surface area contributed by atoms with E-state index in [-0.39, 0.29) is 5.41 Å². The number of hydrogen-bond donors (Lipinski definition) is 1. The number of aryl methyl sites for hydroxylation is 1. The number of rotatable bonds is 8. The van der Waals surface area contributed by atoms with Gasteiger partial charge in [-0.2, -0.15) is 0 Å². The summed E-state index contributed by atoms with van der Waals surface area (Å²) in [4.78, 5) is 0. The highest BCUT2D eigenvalue weighted by atomic mass is 16.3. The molecule has 1 aromatic carbocycles. The Hall–Kier alpha value is -0.980. The van der Waals surface area contributed by atoms with Crippen LogP contribution in [0.15, 0.2) is 12.1 Å². The van der Waals surface area contributed by atoms with Gasteiger partial charge in [-0.1, -0.05) is 66.5 Å². The molecule has 0 fully saturated rings. The van der Waals surface area contributed by atoms with Crippen molar-refractivity contribution in [2.75, 3.05) is 0 Å². The van der Waals surface area contributed by atoms with Gasteiger partial charge in [0.2, 0.25) is 0 Å². The van der Waals surface area contributed by atoms with Crippen LogP contribution in [0.25, 0.3) is 0 Å². The molecule has 0 saturated heterocycles. The quantitative estimate of drug-likeness (QED) is 0.621. The highest BCUT2D eigenvalue weighted by Crippen LogP contribution is 2.38. The highest BCUT2D eigenvalue weighted by molar-refractivity contribution is 5.47. The highest BCUT2D eigenvalue weighted by Gasteiger charge is 2.25. The molecule has 0 unspecified atom stereocenters. The van der Waals surface area contributed by atoms with Crippen molar-refractivity contribution < 1.29 is 5.11 Å². The fourth-order valence-electron chi connectivity index (χ4n) is 3.16. The molecule has 0 aliphatic heterocycles. The molecule has 1 aromatic rings. The van der Waals surface area contributed by atoms with Crippen LogP contribution in [0.5, 0.6) is 5.75 Å². The normalized spacial score (nSPS) is 12.1. The van der Waals surface area contributed by atoms with Crippen molar-refractivity contribution in [3.63, 3.8) is 0 Å². The Bertz CT molecular complexity index is 443. The first-order valence-corrected chi connectivity index (χ1v) is 8.67. The van der Waals surface area contributed by atoms with Crippen LogP contribution in [-0.4, -0.2) is 5.11 Å². The third kappa shape index (κ3) is 5.05. The van der Waals surface area contributed by atoms with Crippen LogP contribution in [0.3, 0.4) is 0 Å². The summed E-state index contributed by atoms with van der Waals surface area (Å²) in [5, 5.41) is 10.7. The van der Waals surface area contributed by atoms with Gasteiger partial charge in [0.25, 0.3) is 0 Å². The third-order valence-electron chi connectivity index (χ3n) is 4.30. The summed E-state index contributed by atoms with van der Waals surface area (Å²) in [6.07, 6.45) is 6.77. The van der Waals surface area contributed by atoms with E-state index < -0.39 is 0 Å². The van der Waals surface area contributed by atoms with Gasteiger partial charge in [0.15, 0.2) is 0 Å². The molecule has 0 saturated carbocycles. The number of phenolic OH excluding ortho intramolecular Hbond substituents is 1. The fourth-order valence-corrected chi connectivity index (χ4v) is 3.16. The zero-order chi connectivity index (χ0) is 16.0. The predicted molar refractivity (Wildman–Crippen MR) is 93.2 cm³/mol. The molecule has 1 nitrogen and oxygen atoms in total. The summed E-state index contributed by atoms with van der Waals surface area (Å²) in [5.74, 6) is 1.11. The van der Waals surface area contributed by atoms with Crippen LogP contribution in [0, 0.1) is 5.92 Å². The summed E-state index contributed by atoms with van der Waals surface area (Å²) in [6.45, 7) is 13.4. The largest absolute Gasteiger partial charge is 0.507 e. The average Bonchev–Trinajstić information content (AvgIpc) is 2.38. The van der Waals surface area contributed by atoms with Gasteiger partial charge < -0.3 is 5.11 Å². The minimum absolute atomic E-state index is 0.0484. The number of benzene rings is 1. The molecule has 120 valence electrons. The third-order valence-corrected chi connectivity index (χ3v) is 4.30. The summed E-state index contributed by atoms with van der Waals surface area (Å²) < 4.78 is 0. The molecule has 1 rings (SSSR count). The standard InChI is InChI=1S/C20H34O/c1-7-9-10-16-13-17(12-15(3)4)19(21)18(14-16)20(5,6)11-8-2/h13-15,21H,7-12H2,1-6H3. The molecule has 0 heterocycles. The maximum Gasteiger partial charge on any atom is 0.122 e. The summed E-state index contributed by atoms with van der Waals surface area (Å²) in [7, 11) is 0. The smallest absolute Gasteiger partial charge is 0.122 e. The van der Waals surface area contributed by atoms with E-state index in [9.17, 15) is 5.11 Å². The van der Waals surface area contributed by atoms with Crippen LogP contribution in [0.4, 0.5) is 0 Å². The molecule has 0 radical (unpaired) electrons. The van der Waals surface area contributed by atoms with E-state index in [0.29, 0.717) is 11.7 Å². The Balaban J connectivity index is 3.26. The Morgan fingerprint density at radius 3 is 2.29 bits per heavy atom. The zero-order valence-electron chi connectivity index (χ0n) is 14.9. The van der Waals surface area contributed by atoms with Crippen LogP contribution in [0.2, 0.25) is 0 Å². The lowest BCUT2D eigenvalue weighted by molar-refractivity contribution is 0.410. The topological polar surface area (TPSA) is 20.2 Å². The van der Waals surface area contributed by atoms with Gasteiger partial charge in [0.05, 0.1) is 0 Å². The molecule has 0 aliphatic carbocycles.